The van der Waals surface area contributed by atoms with E-state index in [2.05, 4.69) is 56.9 Å². The summed E-state index contributed by atoms with van der Waals surface area (Å²) in [7, 11) is 0. The Balaban J connectivity index is 2.28. The van der Waals surface area contributed by atoms with Crippen molar-refractivity contribution in [3.05, 3.63) is 35.4 Å². The lowest BCUT2D eigenvalue weighted by Gasteiger charge is -2.22. The maximum atomic E-state index is 12.8. The number of nitrogens with zero attached hydrogens (tertiary/aromatic N) is 1. The first-order valence-corrected chi connectivity index (χ1v) is 22.6. The van der Waals surface area contributed by atoms with Crippen LogP contribution in [0, 0.1) is 5.92 Å². The number of unbranched alkanes of at least 4 members (excludes halogenated alkanes) is 17. The molecule has 0 aliphatic carbocycles. The summed E-state index contributed by atoms with van der Waals surface area (Å²) < 4.78 is 11.7. The molecule has 1 atom stereocenters. The Morgan fingerprint density at radius 1 is 0.623 bits per heavy atom. The second-order valence-electron chi connectivity index (χ2n) is 16.3. The molecule has 0 saturated heterocycles. The molecule has 53 heavy (non-hydrogen) atoms. The Labute approximate surface area is 327 Å². The van der Waals surface area contributed by atoms with E-state index < -0.39 is 0 Å². The van der Waals surface area contributed by atoms with Crippen molar-refractivity contribution in [1.29, 1.82) is 0 Å². The Morgan fingerprint density at radius 3 is 1.66 bits per heavy atom. The van der Waals surface area contributed by atoms with Gasteiger partial charge in [-0.05, 0) is 114 Å². The van der Waals surface area contributed by atoms with Crippen LogP contribution in [0.25, 0.3) is 0 Å². The Morgan fingerprint density at radius 2 is 1.11 bits per heavy atom. The highest BCUT2D eigenvalue weighted by Gasteiger charge is 2.17. The summed E-state index contributed by atoms with van der Waals surface area (Å²) in [5.41, 5.74) is 2.34. The van der Waals surface area contributed by atoms with Crippen molar-refractivity contribution in [2.75, 3.05) is 32.8 Å². The van der Waals surface area contributed by atoms with E-state index >= 15 is 0 Å². The molecule has 0 aromatic heterocycles. The van der Waals surface area contributed by atoms with E-state index in [0.29, 0.717) is 18.9 Å². The molecule has 0 amide bonds. The molecule has 1 unspecified atom stereocenters. The quantitative estimate of drug-likeness (QED) is 0.0540. The smallest absolute Gasteiger partial charge is 0.313 e. The van der Waals surface area contributed by atoms with E-state index in [0.717, 1.165) is 102 Å². The number of benzene rings is 1. The third-order valence-corrected chi connectivity index (χ3v) is 10.6. The van der Waals surface area contributed by atoms with E-state index in [1.807, 2.05) is 6.92 Å². The number of hydrogen-bond acceptors (Lipinski definition) is 6. The number of hydrogen-bond donors (Lipinski definition) is 1. The molecule has 308 valence electrons. The van der Waals surface area contributed by atoms with Gasteiger partial charge in [0.05, 0.1) is 12.5 Å². The lowest BCUT2D eigenvalue weighted by atomic mass is 9.97. The maximum Gasteiger partial charge on any atom is 0.313 e. The molecule has 0 bridgehead atoms. The van der Waals surface area contributed by atoms with E-state index in [1.54, 1.807) is 0 Å². The first kappa shape index (κ1) is 49.1. The molecule has 1 N–H and O–H groups in total. The summed E-state index contributed by atoms with van der Waals surface area (Å²) in [5.74, 6) is 0.257. The summed E-state index contributed by atoms with van der Waals surface area (Å²) in [5, 5.41) is 9.30. The third kappa shape index (κ3) is 28.2. The highest BCUT2D eigenvalue weighted by molar-refractivity contribution is 5.77. The highest BCUT2D eigenvalue weighted by atomic mass is 16.5. The van der Waals surface area contributed by atoms with Gasteiger partial charge < -0.3 is 19.5 Å². The van der Waals surface area contributed by atoms with Crippen LogP contribution in [-0.4, -0.2) is 60.9 Å². The fourth-order valence-corrected chi connectivity index (χ4v) is 7.19. The minimum Gasteiger partial charge on any atom is -0.465 e. The standard InChI is InChI=1S/C47H85NO5/c1-6-8-10-12-15-20-28-45(29-21-16-13-11-9-7-2)53-46(50)30-22-19-24-36-48(37-25-26-38-49)35-23-17-14-18-27-39-52-47(51)42(5)44-33-31-43(32-34-44)40-41(3)4/h31-34,41-42,45,49H,6-30,35-40H2,1-5H3. The Hall–Kier alpha value is -1.92. The van der Waals surface area contributed by atoms with Crippen LogP contribution in [0.5, 0.6) is 0 Å². The van der Waals surface area contributed by atoms with Crippen molar-refractivity contribution in [2.24, 2.45) is 5.92 Å². The molecule has 1 aromatic rings. The Kier molecular flexibility index (Phi) is 32.0. The van der Waals surface area contributed by atoms with Gasteiger partial charge in [0.2, 0.25) is 0 Å². The molecule has 0 heterocycles. The number of esters is 2. The summed E-state index contributed by atoms with van der Waals surface area (Å²) in [6.45, 7) is 14.8. The van der Waals surface area contributed by atoms with E-state index in [1.165, 1.54) is 89.0 Å². The van der Waals surface area contributed by atoms with Crippen LogP contribution < -0.4 is 0 Å². The van der Waals surface area contributed by atoms with Gasteiger partial charge in [0, 0.05) is 13.0 Å². The molecule has 0 spiro atoms. The van der Waals surface area contributed by atoms with Crippen molar-refractivity contribution >= 4 is 11.9 Å². The first-order chi connectivity index (χ1) is 25.8. The van der Waals surface area contributed by atoms with Crippen molar-refractivity contribution in [3.63, 3.8) is 0 Å². The predicted molar refractivity (Wildman–Crippen MR) is 225 cm³/mol. The van der Waals surface area contributed by atoms with Gasteiger partial charge in [0.25, 0.3) is 0 Å². The fraction of sp³-hybridized carbons (Fsp3) is 0.830. The Bertz CT molecular complexity index is 964. The molecule has 0 aliphatic heterocycles. The van der Waals surface area contributed by atoms with Crippen molar-refractivity contribution in [1.82, 2.24) is 4.90 Å². The summed E-state index contributed by atoms with van der Waals surface area (Å²) >= 11 is 0. The molecule has 0 radical (unpaired) electrons. The van der Waals surface area contributed by atoms with Crippen LogP contribution in [0.4, 0.5) is 0 Å². The normalized spacial score (nSPS) is 12.2. The minimum atomic E-state index is -0.236. The molecule has 1 rings (SSSR count). The molecule has 0 saturated carbocycles. The molecule has 0 aliphatic rings. The number of aliphatic hydroxyl groups excluding tert-OH is 1. The SMILES string of the molecule is CCCCCCCCC(CCCCCCCC)OC(=O)CCCCCN(CCCCO)CCCCCCCOC(=O)C(C)c1ccc(CC(C)C)cc1. The van der Waals surface area contributed by atoms with Crippen molar-refractivity contribution in [3.8, 4) is 0 Å². The third-order valence-electron chi connectivity index (χ3n) is 10.6. The molecule has 0 fully saturated rings. The molecular weight excluding hydrogens is 659 g/mol. The van der Waals surface area contributed by atoms with Crippen LogP contribution >= 0.6 is 0 Å². The van der Waals surface area contributed by atoms with Gasteiger partial charge in [-0.25, -0.2) is 0 Å². The zero-order chi connectivity index (χ0) is 38.8. The highest BCUT2D eigenvalue weighted by Crippen LogP contribution is 2.20. The van der Waals surface area contributed by atoms with Crippen LogP contribution in [0.1, 0.15) is 212 Å². The van der Waals surface area contributed by atoms with Gasteiger partial charge in [0.15, 0.2) is 0 Å². The monoisotopic (exact) mass is 744 g/mol. The van der Waals surface area contributed by atoms with Crippen LogP contribution in [-0.2, 0) is 25.5 Å². The zero-order valence-electron chi connectivity index (χ0n) is 35.5. The van der Waals surface area contributed by atoms with Gasteiger partial charge in [0.1, 0.15) is 6.10 Å². The second kappa shape index (κ2) is 34.6. The predicted octanol–water partition coefficient (Wildman–Crippen LogP) is 12.5. The topological polar surface area (TPSA) is 76.1 Å². The summed E-state index contributed by atoms with van der Waals surface area (Å²) in [6, 6.07) is 8.41. The lowest BCUT2D eigenvalue weighted by molar-refractivity contribution is -0.150. The van der Waals surface area contributed by atoms with Crippen LogP contribution in [0.15, 0.2) is 24.3 Å². The maximum absolute atomic E-state index is 12.8. The molecule has 6 heteroatoms. The van der Waals surface area contributed by atoms with Crippen LogP contribution in [0.2, 0.25) is 0 Å². The average Bonchev–Trinajstić information content (AvgIpc) is 3.14. The van der Waals surface area contributed by atoms with Gasteiger partial charge in [-0.3, -0.25) is 9.59 Å². The van der Waals surface area contributed by atoms with Gasteiger partial charge in [-0.2, -0.15) is 0 Å². The summed E-state index contributed by atoms with van der Waals surface area (Å²) in [6.07, 6.45) is 29.4. The first-order valence-electron chi connectivity index (χ1n) is 22.6. The number of ether oxygens (including phenoxy) is 2. The van der Waals surface area contributed by atoms with Crippen molar-refractivity contribution in [2.45, 2.75) is 214 Å². The average molecular weight is 744 g/mol. The van der Waals surface area contributed by atoms with Crippen molar-refractivity contribution < 1.29 is 24.2 Å². The summed E-state index contributed by atoms with van der Waals surface area (Å²) in [4.78, 5) is 28.0. The van der Waals surface area contributed by atoms with Gasteiger partial charge >= 0.3 is 11.9 Å². The molecular formula is C47H85NO5. The number of carbonyl (C=O) groups is 2. The number of aliphatic hydroxyl groups is 1. The largest absolute Gasteiger partial charge is 0.465 e. The second-order valence-corrected chi connectivity index (χ2v) is 16.3. The minimum absolute atomic E-state index is 0.00265. The molecule has 6 nitrogen and oxygen atoms in total. The van der Waals surface area contributed by atoms with E-state index in [9.17, 15) is 14.7 Å². The lowest BCUT2D eigenvalue weighted by Crippen LogP contribution is -2.27. The van der Waals surface area contributed by atoms with Gasteiger partial charge in [-0.15, -0.1) is 0 Å². The van der Waals surface area contributed by atoms with E-state index in [-0.39, 0.29) is 30.6 Å². The van der Waals surface area contributed by atoms with E-state index in [4.69, 9.17) is 9.47 Å². The van der Waals surface area contributed by atoms with Crippen LogP contribution in [0.3, 0.4) is 0 Å². The number of carbonyl (C=O) groups excluding carboxylic acids is 2. The zero-order valence-corrected chi connectivity index (χ0v) is 35.5. The van der Waals surface area contributed by atoms with Gasteiger partial charge in [-0.1, -0.05) is 142 Å². The fourth-order valence-electron chi connectivity index (χ4n) is 7.19. The molecule has 1 aromatic carbocycles. The number of rotatable bonds is 37.